The molecule has 0 heterocycles. The zero-order valence-electron chi connectivity index (χ0n) is 81.4. The van der Waals surface area contributed by atoms with Gasteiger partial charge >= 0.3 is 0 Å². The summed E-state index contributed by atoms with van der Waals surface area (Å²) < 4.78 is 0. The Morgan fingerprint density at radius 3 is 0.775 bits per heavy atom. The molecule has 3 aliphatic rings. The second-order valence-corrected chi connectivity index (χ2v) is 37.1. The fourth-order valence-electron chi connectivity index (χ4n) is 21.1. The second-order valence-electron chi connectivity index (χ2n) is 37.1. The van der Waals surface area contributed by atoms with E-state index in [4.69, 9.17) is 0 Å². The fourth-order valence-corrected chi connectivity index (χ4v) is 21.1. The van der Waals surface area contributed by atoms with E-state index in [0.717, 1.165) is 96.7 Å². The van der Waals surface area contributed by atoms with Crippen LogP contribution in [0.25, 0.3) is 44.2 Å². The van der Waals surface area contributed by atoms with Crippen LogP contribution < -0.4 is 39.2 Å². The zero-order valence-corrected chi connectivity index (χ0v) is 81.4. The molecule has 3 aliphatic carbocycles. The van der Waals surface area contributed by atoms with Crippen LogP contribution >= 0.6 is 0 Å². The van der Waals surface area contributed by atoms with Gasteiger partial charge in [-0.1, -0.05) is 359 Å². The van der Waals surface area contributed by atoms with Crippen molar-refractivity contribution in [1.82, 2.24) is 0 Å². The summed E-state index contributed by atoms with van der Waals surface area (Å²) in [5, 5.41) is 2.49. The predicted molar refractivity (Wildman–Crippen MR) is 603 cm³/mol. The van der Waals surface area contributed by atoms with Crippen molar-refractivity contribution in [2.45, 2.75) is 38.5 Å². The third-order valence-corrected chi connectivity index (χ3v) is 28.2. The molecule has 0 aromatic heterocycles. The van der Waals surface area contributed by atoms with Crippen LogP contribution in [0, 0.1) is 13.8 Å². The number of fused-ring (bicyclic) bond motifs is 14. The van der Waals surface area contributed by atoms with E-state index in [1.165, 1.54) is 106 Å². The highest BCUT2D eigenvalue weighted by molar-refractivity contribution is 6.01. The van der Waals surface area contributed by atoms with Gasteiger partial charge in [-0.3, -0.25) is 0 Å². The van der Waals surface area contributed by atoms with E-state index in [1.807, 2.05) is 6.07 Å². The van der Waals surface area contributed by atoms with E-state index in [2.05, 4.69) is 623 Å². The second kappa shape index (κ2) is 40.1. The summed E-state index contributed by atoms with van der Waals surface area (Å²) in [4.78, 5) is 18.4. The Kier molecular flexibility index (Phi) is 25.7. The Morgan fingerprint density at radius 2 is 0.394 bits per heavy atom. The van der Waals surface area contributed by atoms with Gasteiger partial charge in [0, 0.05) is 119 Å². The van der Waals surface area contributed by atoms with Crippen molar-refractivity contribution in [2.24, 2.45) is 0 Å². The first-order valence-electron chi connectivity index (χ1n) is 48.9. The van der Waals surface area contributed by atoms with Crippen LogP contribution in [0.4, 0.5) is 114 Å². The molecule has 0 radical (unpaired) electrons. The van der Waals surface area contributed by atoms with E-state index in [1.54, 1.807) is 0 Å². The number of nitrogens with zero attached hydrogens (tertiary/aromatic N) is 8. The number of aryl methyl sites for hydroxylation is 2. The first kappa shape index (κ1) is 90.7. The molecule has 0 fully saturated rings. The van der Waals surface area contributed by atoms with E-state index < -0.39 is 0 Å². The first-order valence-corrected chi connectivity index (χ1v) is 48.9. The molecule has 0 aliphatic heterocycles. The summed E-state index contributed by atoms with van der Waals surface area (Å²) in [6.07, 6.45) is 0. The van der Waals surface area contributed by atoms with Crippen molar-refractivity contribution in [2.75, 3.05) is 67.4 Å². The van der Waals surface area contributed by atoms with E-state index in [0.29, 0.717) is 0 Å². The molecule has 21 aromatic carbocycles. The van der Waals surface area contributed by atoms with Crippen LogP contribution in [0.2, 0.25) is 0 Å². The largest absolute Gasteiger partial charge is 0.345 e. The van der Waals surface area contributed by atoms with Gasteiger partial charge < -0.3 is 39.2 Å². The standard InChI is InChI=1S/C44H32N2.C34H30N2.C29H24N2.C27H26N2/c1-45(42-26-14-15-27-43(42)46(31-16-4-2-5-17-31)32-18-6-3-7-19-32)33-28-29-37-36-22-10-13-25-40(36)44(41(37)30-33)38-23-11-8-20-34(38)35-21-9-12-24-39(35)44;1-34(2)30-19-11-10-18-28(30)29-23-22-27(24-31(29)34)35(3)32-20-12-13-21-33(32)36(25-14-6-4-7-15-25)26-16-8-5-9-17-26;1-30(27-22-12-14-23-13-8-9-19-26(23)27)28-20-10-11-21-29(28)31(24-15-4-2-5-16-24)25-17-6-3-7-18-25;1-21-9-13-25(14-10-21)29(26-15-11-22(2)12-16-26)27-19-17-24(18-20-27)28(3)23-7-5-4-6-8-23/h2-30H,1H3;4-24H,1-3H3;2-22H,1H3;4-20H,1-3H3. The minimum Gasteiger partial charge on any atom is -0.345 e. The maximum Gasteiger partial charge on any atom is 0.0726 e. The maximum absolute atomic E-state index is 2.44. The lowest BCUT2D eigenvalue weighted by molar-refractivity contribution is 0.660. The molecule has 1 spiro atoms. The molecule has 0 saturated carbocycles. The highest BCUT2D eigenvalue weighted by Gasteiger charge is 2.52. The third kappa shape index (κ3) is 17.5. The minimum absolute atomic E-state index is 0.0254. The number of anilines is 20. The average molecular weight is 1830 g/mol. The smallest absolute Gasteiger partial charge is 0.0726 e. The van der Waals surface area contributed by atoms with Gasteiger partial charge in [-0.25, -0.2) is 0 Å². The SMILES string of the molecule is CN(c1ccc2c(c1)C(C)(C)c1ccccc1-2)c1ccccc1N(c1ccccc1)c1ccccc1.CN(c1ccc2c(c1)C1(c3ccccc3-c3ccccc31)c1ccccc1-2)c1ccccc1N(c1ccccc1)c1ccccc1.CN(c1ccccc1N(c1ccccc1)c1ccccc1)c1cccc2ccccc12.Cc1ccc(N(c2ccc(C)cc2)c2ccc(N(C)c3ccccc3)cc2)cc1. The van der Waals surface area contributed by atoms with E-state index in [9.17, 15) is 0 Å². The topological polar surface area (TPSA) is 25.9 Å². The van der Waals surface area contributed by atoms with Crippen molar-refractivity contribution in [1.29, 1.82) is 0 Å². The van der Waals surface area contributed by atoms with Gasteiger partial charge in [0.1, 0.15) is 0 Å². The van der Waals surface area contributed by atoms with Gasteiger partial charge in [-0.15, -0.1) is 0 Å². The lowest BCUT2D eigenvalue weighted by Gasteiger charge is -2.33. The zero-order chi connectivity index (χ0) is 96.6. The number of benzene rings is 21. The highest BCUT2D eigenvalue weighted by Crippen LogP contribution is 2.64. The van der Waals surface area contributed by atoms with Crippen molar-refractivity contribution >= 4 is 125 Å². The molecule has 24 rings (SSSR count). The molecule has 0 amide bonds. The van der Waals surface area contributed by atoms with Crippen LogP contribution in [-0.2, 0) is 10.8 Å². The van der Waals surface area contributed by atoms with Gasteiger partial charge in [0.2, 0.25) is 0 Å². The van der Waals surface area contributed by atoms with Crippen molar-refractivity contribution < 1.29 is 0 Å². The molecule has 0 bridgehead atoms. The Balaban J connectivity index is 0.000000114. The molecule has 0 atom stereocenters. The van der Waals surface area contributed by atoms with Crippen LogP contribution in [0.1, 0.15) is 58.4 Å². The molecule has 0 N–H and O–H groups in total. The van der Waals surface area contributed by atoms with Crippen molar-refractivity contribution in [3.63, 3.8) is 0 Å². The summed E-state index contributed by atoms with van der Waals surface area (Å²) >= 11 is 0. The number of hydrogen-bond donors (Lipinski definition) is 0. The molecule has 8 nitrogen and oxygen atoms in total. The van der Waals surface area contributed by atoms with Crippen LogP contribution in [0.3, 0.4) is 0 Å². The average Bonchev–Trinajstić information content (AvgIpc) is 1.51. The predicted octanol–water partition coefficient (Wildman–Crippen LogP) is 36.1. The number of hydrogen-bond acceptors (Lipinski definition) is 8. The van der Waals surface area contributed by atoms with Crippen LogP contribution in [0.5, 0.6) is 0 Å². The summed E-state index contributed by atoms with van der Waals surface area (Å²) in [6.45, 7) is 8.91. The maximum atomic E-state index is 2.44. The van der Waals surface area contributed by atoms with E-state index in [-0.39, 0.29) is 10.8 Å². The summed E-state index contributed by atoms with van der Waals surface area (Å²) in [6, 6.07) is 191. The van der Waals surface area contributed by atoms with Gasteiger partial charge in [0.15, 0.2) is 0 Å². The number of para-hydroxylation sites is 13. The summed E-state index contributed by atoms with van der Waals surface area (Å²) in [5.74, 6) is 0. The first-order chi connectivity index (χ1) is 69.8. The number of rotatable bonds is 20. The van der Waals surface area contributed by atoms with Gasteiger partial charge in [0.25, 0.3) is 0 Å². The van der Waals surface area contributed by atoms with Crippen molar-refractivity contribution in [3.8, 4) is 33.4 Å². The lowest BCUT2D eigenvalue weighted by atomic mass is 9.70. The molecule has 8 heteroatoms. The van der Waals surface area contributed by atoms with Crippen LogP contribution in [-0.4, -0.2) is 28.2 Å². The fraction of sp³-hybridized carbons (Fsp3) is 0.0746. The normalized spacial score (nSPS) is 12.1. The molecule has 0 saturated heterocycles. The van der Waals surface area contributed by atoms with Gasteiger partial charge in [-0.2, -0.15) is 0 Å². The summed E-state index contributed by atoms with van der Waals surface area (Å²) in [7, 11) is 8.61. The highest BCUT2D eigenvalue weighted by atomic mass is 15.2. The lowest BCUT2D eigenvalue weighted by Crippen LogP contribution is -2.26. The Bertz CT molecular complexity index is 7730. The monoisotopic (exact) mass is 1830 g/mol. The molecular formula is C134H112N8. The Hall–Kier alpha value is -17.7. The van der Waals surface area contributed by atoms with Crippen molar-refractivity contribution in [3.05, 3.63) is 578 Å². The molecule has 0 unspecified atom stereocenters. The quantitative estimate of drug-likeness (QED) is 0.0745. The van der Waals surface area contributed by atoms with Crippen LogP contribution in [0.15, 0.2) is 534 Å². The third-order valence-electron chi connectivity index (χ3n) is 28.2. The van der Waals surface area contributed by atoms with Gasteiger partial charge in [-0.05, 0) is 286 Å². The van der Waals surface area contributed by atoms with Gasteiger partial charge in [0.05, 0.1) is 39.5 Å². The molecule has 688 valence electrons. The minimum atomic E-state index is -0.365. The summed E-state index contributed by atoms with van der Waals surface area (Å²) in [5.41, 5.74) is 41.2. The Morgan fingerprint density at radius 1 is 0.155 bits per heavy atom. The molecule has 142 heavy (non-hydrogen) atoms. The molecule has 21 aromatic rings. The van der Waals surface area contributed by atoms with E-state index >= 15 is 0 Å². The molecular weight excluding hydrogens is 1720 g/mol. The Labute approximate surface area is 836 Å².